The van der Waals surface area contributed by atoms with Crippen molar-refractivity contribution < 1.29 is 19.4 Å². The van der Waals surface area contributed by atoms with Crippen LogP contribution in [0.25, 0.3) is 0 Å². The SMILES string of the molecule is CC(C)(C)OC(=O)N1CCC(O)(CNCC2CCCO2)CC1. The second kappa shape index (κ2) is 7.15. The van der Waals surface area contributed by atoms with Gasteiger partial charge in [-0.05, 0) is 46.5 Å². The Morgan fingerprint density at radius 3 is 2.64 bits per heavy atom. The monoisotopic (exact) mass is 314 g/mol. The molecule has 1 unspecified atom stereocenters. The molecular formula is C16H30N2O4. The number of carbonyl (C=O) groups is 1. The third kappa shape index (κ3) is 5.41. The molecule has 1 atom stereocenters. The van der Waals surface area contributed by atoms with Crippen molar-refractivity contribution in [2.24, 2.45) is 0 Å². The molecule has 6 nitrogen and oxygen atoms in total. The molecule has 1 amide bonds. The molecule has 0 aromatic carbocycles. The molecule has 2 aliphatic rings. The number of aliphatic hydroxyl groups is 1. The average Bonchev–Trinajstić information content (AvgIpc) is 2.90. The molecule has 0 radical (unpaired) electrons. The first-order valence-corrected chi connectivity index (χ1v) is 8.30. The van der Waals surface area contributed by atoms with Crippen LogP contribution in [0.4, 0.5) is 4.79 Å². The Bertz CT molecular complexity index is 367. The van der Waals surface area contributed by atoms with E-state index < -0.39 is 11.2 Å². The lowest BCUT2D eigenvalue weighted by Gasteiger charge is -2.38. The zero-order chi connectivity index (χ0) is 16.2. The van der Waals surface area contributed by atoms with Gasteiger partial charge in [0.25, 0.3) is 0 Å². The van der Waals surface area contributed by atoms with Crippen LogP contribution in [0.2, 0.25) is 0 Å². The molecule has 0 saturated carbocycles. The van der Waals surface area contributed by atoms with Gasteiger partial charge in [0.05, 0.1) is 11.7 Å². The molecule has 2 fully saturated rings. The van der Waals surface area contributed by atoms with Gasteiger partial charge in [0.2, 0.25) is 0 Å². The second-order valence-electron chi connectivity index (χ2n) is 7.46. The highest BCUT2D eigenvalue weighted by Crippen LogP contribution is 2.23. The van der Waals surface area contributed by atoms with Crippen LogP contribution in [0.5, 0.6) is 0 Å². The molecule has 2 aliphatic heterocycles. The van der Waals surface area contributed by atoms with Gasteiger partial charge in [0, 0.05) is 32.8 Å². The fourth-order valence-electron chi connectivity index (χ4n) is 2.88. The molecule has 0 spiro atoms. The quantitative estimate of drug-likeness (QED) is 0.823. The van der Waals surface area contributed by atoms with E-state index >= 15 is 0 Å². The lowest BCUT2D eigenvalue weighted by molar-refractivity contribution is -0.0321. The highest BCUT2D eigenvalue weighted by molar-refractivity contribution is 5.68. The minimum absolute atomic E-state index is 0.283. The average molecular weight is 314 g/mol. The Morgan fingerprint density at radius 1 is 1.41 bits per heavy atom. The predicted octanol–water partition coefficient (Wildman–Crippen LogP) is 1.52. The number of piperidine rings is 1. The number of amides is 1. The molecule has 0 aromatic heterocycles. The largest absolute Gasteiger partial charge is 0.444 e. The maximum atomic E-state index is 12.0. The van der Waals surface area contributed by atoms with Crippen molar-refractivity contribution in [1.82, 2.24) is 10.2 Å². The number of likely N-dealkylation sites (tertiary alicyclic amines) is 1. The molecule has 2 heterocycles. The fourth-order valence-corrected chi connectivity index (χ4v) is 2.88. The van der Waals surface area contributed by atoms with E-state index in [1.807, 2.05) is 20.8 Å². The summed E-state index contributed by atoms with van der Waals surface area (Å²) in [6, 6.07) is 0. The standard InChI is InChI=1S/C16H30N2O4/c1-15(2,3)22-14(19)18-8-6-16(20,7-9-18)12-17-11-13-5-4-10-21-13/h13,17,20H,4-12H2,1-3H3. The van der Waals surface area contributed by atoms with Crippen molar-refractivity contribution in [1.29, 1.82) is 0 Å². The lowest BCUT2D eigenvalue weighted by atomic mass is 9.91. The van der Waals surface area contributed by atoms with Crippen molar-refractivity contribution in [2.45, 2.75) is 63.8 Å². The summed E-state index contributed by atoms with van der Waals surface area (Å²) < 4.78 is 10.9. The maximum Gasteiger partial charge on any atom is 0.410 e. The van der Waals surface area contributed by atoms with Crippen LogP contribution < -0.4 is 5.32 Å². The van der Waals surface area contributed by atoms with Crippen molar-refractivity contribution >= 4 is 6.09 Å². The number of nitrogens with zero attached hydrogens (tertiary/aromatic N) is 1. The zero-order valence-electron chi connectivity index (χ0n) is 14.1. The minimum atomic E-state index is -0.739. The molecule has 128 valence electrons. The molecule has 0 aliphatic carbocycles. The Kier molecular flexibility index (Phi) is 5.69. The van der Waals surface area contributed by atoms with Crippen molar-refractivity contribution in [3.05, 3.63) is 0 Å². The van der Waals surface area contributed by atoms with Gasteiger partial charge < -0.3 is 24.8 Å². The van der Waals surface area contributed by atoms with Gasteiger partial charge in [-0.25, -0.2) is 4.79 Å². The van der Waals surface area contributed by atoms with Crippen molar-refractivity contribution in [3.8, 4) is 0 Å². The summed E-state index contributed by atoms with van der Waals surface area (Å²) in [4.78, 5) is 13.7. The van der Waals surface area contributed by atoms with Crippen LogP contribution in [0.15, 0.2) is 0 Å². The summed E-state index contributed by atoms with van der Waals surface area (Å²) in [7, 11) is 0. The first kappa shape index (κ1) is 17.5. The van der Waals surface area contributed by atoms with E-state index in [1.165, 1.54) is 0 Å². The van der Waals surface area contributed by atoms with Gasteiger partial charge in [-0.1, -0.05) is 0 Å². The summed E-state index contributed by atoms with van der Waals surface area (Å²) >= 11 is 0. The smallest absolute Gasteiger partial charge is 0.410 e. The second-order valence-corrected chi connectivity index (χ2v) is 7.46. The van der Waals surface area contributed by atoms with Crippen molar-refractivity contribution in [2.75, 3.05) is 32.8 Å². The summed E-state index contributed by atoms with van der Waals surface area (Å²) in [6.07, 6.45) is 3.36. The molecule has 2 N–H and O–H groups in total. The van der Waals surface area contributed by atoms with E-state index in [2.05, 4.69) is 5.32 Å². The molecule has 0 aromatic rings. The number of hydrogen-bond acceptors (Lipinski definition) is 5. The van der Waals surface area contributed by atoms with Crippen LogP contribution in [0, 0.1) is 0 Å². The Labute approximate surface area is 133 Å². The first-order chi connectivity index (χ1) is 10.3. The van der Waals surface area contributed by atoms with Crippen LogP contribution in [-0.4, -0.2) is 66.2 Å². The Morgan fingerprint density at radius 2 is 2.09 bits per heavy atom. The van der Waals surface area contributed by atoms with Gasteiger partial charge in [0.15, 0.2) is 0 Å². The third-order valence-corrected chi connectivity index (χ3v) is 4.20. The third-order valence-electron chi connectivity index (χ3n) is 4.20. The maximum absolute atomic E-state index is 12.0. The molecule has 0 bridgehead atoms. The number of rotatable bonds is 4. The van der Waals surface area contributed by atoms with Crippen LogP contribution in [-0.2, 0) is 9.47 Å². The van der Waals surface area contributed by atoms with Gasteiger partial charge >= 0.3 is 6.09 Å². The van der Waals surface area contributed by atoms with Crippen LogP contribution in [0.3, 0.4) is 0 Å². The Balaban J connectivity index is 1.69. The topological polar surface area (TPSA) is 71.0 Å². The van der Waals surface area contributed by atoms with Crippen LogP contribution in [0.1, 0.15) is 46.5 Å². The molecule has 6 heteroatoms. The van der Waals surface area contributed by atoms with E-state index in [1.54, 1.807) is 4.90 Å². The fraction of sp³-hybridized carbons (Fsp3) is 0.938. The predicted molar refractivity (Wildman–Crippen MR) is 83.8 cm³/mol. The minimum Gasteiger partial charge on any atom is -0.444 e. The van der Waals surface area contributed by atoms with E-state index in [0.717, 1.165) is 26.0 Å². The Hall–Kier alpha value is -0.850. The summed E-state index contributed by atoms with van der Waals surface area (Å²) in [5.41, 5.74) is -1.22. The molecule has 2 rings (SSSR count). The van der Waals surface area contributed by atoms with Gasteiger partial charge in [-0.2, -0.15) is 0 Å². The van der Waals surface area contributed by atoms with Crippen LogP contribution >= 0.6 is 0 Å². The van der Waals surface area contributed by atoms with E-state index in [-0.39, 0.29) is 12.2 Å². The number of carbonyl (C=O) groups excluding carboxylic acids is 1. The molecule has 2 saturated heterocycles. The van der Waals surface area contributed by atoms with E-state index in [9.17, 15) is 9.90 Å². The summed E-state index contributed by atoms with van der Waals surface area (Å²) in [5, 5.41) is 13.9. The highest BCUT2D eigenvalue weighted by atomic mass is 16.6. The number of nitrogens with one attached hydrogen (secondary N) is 1. The molecule has 22 heavy (non-hydrogen) atoms. The first-order valence-electron chi connectivity index (χ1n) is 8.30. The zero-order valence-corrected chi connectivity index (χ0v) is 14.1. The normalized spacial score (nSPS) is 25.3. The van der Waals surface area contributed by atoms with E-state index in [4.69, 9.17) is 9.47 Å². The lowest BCUT2D eigenvalue weighted by Crippen LogP contribution is -2.52. The van der Waals surface area contributed by atoms with Crippen molar-refractivity contribution in [3.63, 3.8) is 0 Å². The molecular weight excluding hydrogens is 284 g/mol. The summed E-state index contributed by atoms with van der Waals surface area (Å²) in [5.74, 6) is 0. The number of hydrogen-bond donors (Lipinski definition) is 2. The summed E-state index contributed by atoms with van der Waals surface area (Å²) in [6.45, 7) is 8.84. The number of ether oxygens (including phenoxy) is 2. The highest BCUT2D eigenvalue weighted by Gasteiger charge is 2.35. The van der Waals surface area contributed by atoms with E-state index in [0.29, 0.717) is 32.5 Å². The van der Waals surface area contributed by atoms with Gasteiger partial charge in [-0.15, -0.1) is 0 Å². The van der Waals surface area contributed by atoms with Gasteiger partial charge in [-0.3, -0.25) is 0 Å². The van der Waals surface area contributed by atoms with Gasteiger partial charge in [0.1, 0.15) is 5.60 Å².